The number of benzene rings is 4. The number of hydrogen-bond acceptors (Lipinski definition) is 7. The fourth-order valence-electron chi connectivity index (χ4n) is 7.06. The highest BCUT2D eigenvalue weighted by molar-refractivity contribution is 7.89. The maximum Gasteiger partial charge on any atom is 0.335 e. The highest BCUT2D eigenvalue weighted by Crippen LogP contribution is 2.53. The van der Waals surface area contributed by atoms with Crippen LogP contribution >= 0.6 is 23.2 Å². The van der Waals surface area contributed by atoms with Crippen molar-refractivity contribution < 1.29 is 46.5 Å². The molecule has 5 N–H and O–H groups in total. The Hall–Kier alpha value is -4.60. The van der Waals surface area contributed by atoms with E-state index < -0.39 is 79.8 Å². The maximum atomic E-state index is 16.5. The number of aromatic carboxylic acids is 2. The molecular weight excluding hydrogens is 767 g/mol. The SMILES string of the molecule is COc1cc(C(=O)O)ccc1NC(=O)[C@@H]1N[C@@H](CC(C)(C)C)[C@](CNS(=O)(=O)c2cccc(C(=O)O)c2)(c2ccc(Cl)cc2F)[C@H]1c1cccc(Cl)c1F. The lowest BCUT2D eigenvalue weighted by atomic mass is 9.61. The minimum atomic E-state index is -4.54. The summed E-state index contributed by atoms with van der Waals surface area (Å²) < 4.78 is 68.8. The Labute approximate surface area is 320 Å². The molecule has 5 rings (SSSR count). The number of carboxylic acids is 2. The number of carbonyl (C=O) groups is 3. The minimum Gasteiger partial charge on any atom is -0.495 e. The van der Waals surface area contributed by atoms with Gasteiger partial charge in [-0.15, -0.1) is 0 Å². The quantitative estimate of drug-likeness (QED) is 0.100. The van der Waals surface area contributed by atoms with E-state index in [9.17, 15) is 33.0 Å². The number of sulfonamides is 1. The first-order chi connectivity index (χ1) is 25.3. The van der Waals surface area contributed by atoms with Crippen molar-refractivity contribution in [3.63, 3.8) is 0 Å². The fraction of sp³-hybridized carbons (Fsp3) is 0.289. The van der Waals surface area contributed by atoms with E-state index in [-0.39, 0.29) is 50.2 Å². The molecule has 0 radical (unpaired) electrons. The summed E-state index contributed by atoms with van der Waals surface area (Å²) >= 11 is 12.5. The summed E-state index contributed by atoms with van der Waals surface area (Å²) in [7, 11) is -3.26. The fourth-order valence-corrected chi connectivity index (χ4v) is 8.53. The maximum absolute atomic E-state index is 16.5. The largest absolute Gasteiger partial charge is 0.495 e. The standard InChI is InChI=1S/C38H37Cl2F2N3O8S/c1-37(2,3)18-30-38(25-13-12-22(39)17-27(25)41,19-43-54(51,52)23-8-5-7-20(15-23)35(47)48)31(24-9-6-10-26(40)32(24)42)33(45-30)34(46)44-28-14-11-21(36(49)50)16-29(28)53-4/h5-17,30-31,33,43,45H,18-19H2,1-4H3,(H,44,46)(H,47,48)(H,49,50)/t30-,31-,33+,38-/m0/s1. The molecule has 11 nitrogen and oxygen atoms in total. The molecule has 1 heterocycles. The van der Waals surface area contributed by atoms with E-state index in [1.165, 1.54) is 73.8 Å². The minimum absolute atomic E-state index is 0.00401. The molecule has 0 aliphatic carbocycles. The average Bonchev–Trinajstić information content (AvgIpc) is 3.41. The molecule has 0 aromatic heterocycles. The first-order valence-electron chi connectivity index (χ1n) is 16.5. The highest BCUT2D eigenvalue weighted by atomic mass is 35.5. The van der Waals surface area contributed by atoms with Gasteiger partial charge in [-0.1, -0.05) is 68.2 Å². The zero-order valence-electron chi connectivity index (χ0n) is 29.4. The molecule has 1 amide bonds. The molecule has 1 saturated heterocycles. The van der Waals surface area contributed by atoms with Crippen molar-refractivity contribution in [3.05, 3.63) is 123 Å². The summed E-state index contributed by atoms with van der Waals surface area (Å²) in [5.74, 6) is -6.56. The Morgan fingerprint density at radius 3 is 2.22 bits per heavy atom. The number of hydrogen-bond donors (Lipinski definition) is 5. The van der Waals surface area contributed by atoms with Gasteiger partial charge in [0.2, 0.25) is 15.9 Å². The highest BCUT2D eigenvalue weighted by Gasteiger charge is 2.60. The lowest BCUT2D eigenvalue weighted by Crippen LogP contribution is -2.52. The second-order valence-electron chi connectivity index (χ2n) is 14.1. The number of amides is 1. The van der Waals surface area contributed by atoms with Gasteiger partial charge in [0.25, 0.3) is 0 Å². The monoisotopic (exact) mass is 803 g/mol. The molecule has 4 aromatic carbocycles. The van der Waals surface area contributed by atoms with E-state index >= 15 is 8.78 Å². The second-order valence-corrected chi connectivity index (χ2v) is 16.7. The lowest BCUT2D eigenvalue weighted by molar-refractivity contribution is -0.118. The third-order valence-corrected chi connectivity index (χ3v) is 11.3. The van der Waals surface area contributed by atoms with E-state index in [2.05, 4.69) is 15.4 Å². The first-order valence-corrected chi connectivity index (χ1v) is 18.7. The molecule has 1 aliphatic heterocycles. The molecule has 4 atom stereocenters. The molecule has 286 valence electrons. The first kappa shape index (κ1) is 40.6. The predicted octanol–water partition coefficient (Wildman–Crippen LogP) is 7.09. The summed E-state index contributed by atoms with van der Waals surface area (Å²) in [6.07, 6.45) is 0.185. The van der Waals surface area contributed by atoms with Crippen LogP contribution in [0.25, 0.3) is 0 Å². The van der Waals surface area contributed by atoms with Gasteiger partial charge in [-0.25, -0.2) is 31.5 Å². The lowest BCUT2D eigenvalue weighted by Gasteiger charge is -2.43. The van der Waals surface area contributed by atoms with Crippen LogP contribution in [0.2, 0.25) is 10.0 Å². The van der Waals surface area contributed by atoms with Gasteiger partial charge in [0.1, 0.15) is 17.4 Å². The molecule has 1 aliphatic rings. The Balaban J connectivity index is 1.77. The van der Waals surface area contributed by atoms with Crippen molar-refractivity contribution >= 4 is 56.8 Å². The summed E-state index contributed by atoms with van der Waals surface area (Å²) in [6.45, 7) is 5.03. The molecule has 54 heavy (non-hydrogen) atoms. The number of carboxylic acid groups (broad SMARTS) is 2. The van der Waals surface area contributed by atoms with Gasteiger partial charge < -0.3 is 25.6 Å². The Morgan fingerprint density at radius 2 is 1.59 bits per heavy atom. The molecule has 0 unspecified atom stereocenters. The van der Waals surface area contributed by atoms with Gasteiger partial charge in [0.05, 0.1) is 39.9 Å². The van der Waals surface area contributed by atoms with Crippen LogP contribution < -0.4 is 20.1 Å². The van der Waals surface area contributed by atoms with Crippen LogP contribution in [-0.4, -0.2) is 62.2 Å². The van der Waals surface area contributed by atoms with Crippen molar-refractivity contribution in [1.29, 1.82) is 0 Å². The van der Waals surface area contributed by atoms with Crippen LogP contribution in [0.5, 0.6) is 5.75 Å². The van der Waals surface area contributed by atoms with Crippen LogP contribution in [0.3, 0.4) is 0 Å². The van der Waals surface area contributed by atoms with E-state index in [4.69, 9.17) is 27.9 Å². The van der Waals surface area contributed by atoms with Gasteiger partial charge in [-0.05, 0) is 77.6 Å². The van der Waals surface area contributed by atoms with Crippen LogP contribution in [0.4, 0.5) is 14.5 Å². The summed E-state index contributed by atoms with van der Waals surface area (Å²) in [6, 6.07) is 13.9. The van der Waals surface area contributed by atoms with E-state index in [1.807, 2.05) is 20.8 Å². The van der Waals surface area contributed by atoms with Crippen molar-refractivity contribution in [2.45, 2.75) is 55.5 Å². The summed E-state index contributed by atoms with van der Waals surface area (Å²) in [5.41, 5.74) is -2.96. The number of halogens is 4. The molecule has 16 heteroatoms. The van der Waals surface area contributed by atoms with Crippen molar-refractivity contribution in [2.24, 2.45) is 5.41 Å². The summed E-state index contributed by atoms with van der Waals surface area (Å²) in [4.78, 5) is 37.5. The zero-order chi connectivity index (χ0) is 39.7. The van der Waals surface area contributed by atoms with Crippen LogP contribution in [0.1, 0.15) is 65.0 Å². The Morgan fingerprint density at radius 1 is 0.926 bits per heavy atom. The molecule has 1 fully saturated rings. The van der Waals surface area contributed by atoms with Gasteiger partial charge in [0.15, 0.2) is 0 Å². The molecular formula is C38H37Cl2F2N3O8S. The topological polar surface area (TPSA) is 171 Å². The van der Waals surface area contributed by atoms with Crippen molar-refractivity contribution in [1.82, 2.24) is 10.0 Å². The zero-order valence-corrected chi connectivity index (χ0v) is 31.7. The van der Waals surface area contributed by atoms with Crippen LogP contribution in [0.15, 0.2) is 83.8 Å². The second kappa shape index (κ2) is 15.6. The molecule has 4 aromatic rings. The van der Waals surface area contributed by atoms with Crippen LogP contribution in [-0.2, 0) is 20.2 Å². The van der Waals surface area contributed by atoms with E-state index in [1.54, 1.807) is 0 Å². The van der Waals surface area contributed by atoms with Gasteiger partial charge >= 0.3 is 11.9 Å². The smallest absolute Gasteiger partial charge is 0.335 e. The van der Waals surface area contributed by atoms with Gasteiger partial charge in [-0.2, -0.15) is 0 Å². The number of anilines is 1. The third kappa shape index (κ3) is 8.22. The number of ether oxygens (including phenoxy) is 1. The molecule has 0 bridgehead atoms. The van der Waals surface area contributed by atoms with Crippen LogP contribution in [0, 0.1) is 17.0 Å². The van der Waals surface area contributed by atoms with E-state index in [0.29, 0.717) is 0 Å². The number of nitrogens with one attached hydrogen (secondary N) is 3. The normalized spacial score (nSPS) is 20.0. The number of carbonyl (C=O) groups excluding carboxylic acids is 1. The van der Waals surface area contributed by atoms with Crippen molar-refractivity contribution in [2.75, 3.05) is 19.0 Å². The molecule has 0 spiro atoms. The Bertz CT molecular complexity index is 2230. The predicted molar refractivity (Wildman–Crippen MR) is 199 cm³/mol. The van der Waals surface area contributed by atoms with Crippen molar-refractivity contribution in [3.8, 4) is 5.75 Å². The van der Waals surface area contributed by atoms with Gasteiger partial charge in [-0.3, -0.25) is 4.79 Å². The summed E-state index contributed by atoms with van der Waals surface area (Å²) in [5, 5.41) is 24.8. The number of methoxy groups -OCH3 is 1. The third-order valence-electron chi connectivity index (χ3n) is 9.39. The van der Waals surface area contributed by atoms with Gasteiger partial charge in [0, 0.05) is 28.9 Å². The number of rotatable bonds is 12. The van der Waals surface area contributed by atoms with E-state index in [0.717, 1.165) is 12.1 Å². The average molecular weight is 805 g/mol. The molecule has 0 saturated carbocycles. The Kier molecular flexibility index (Phi) is 11.7.